The van der Waals surface area contributed by atoms with E-state index < -0.39 is 0 Å². The van der Waals surface area contributed by atoms with E-state index in [1.54, 1.807) is 0 Å². The molecule has 0 unspecified atom stereocenters. The lowest BCUT2D eigenvalue weighted by Crippen LogP contribution is -2.35. The molecule has 7 heteroatoms. The molecule has 0 saturated carbocycles. The number of carbonyl (C=O) groups excluding carboxylic acids is 1. The summed E-state index contributed by atoms with van der Waals surface area (Å²) < 4.78 is 5.05. The molecule has 0 aliphatic rings. The first-order valence-corrected chi connectivity index (χ1v) is 5.22. The quantitative estimate of drug-likeness (QED) is 0.668. The molecule has 0 fully saturated rings. The number of nitrogen functional groups attached to an aromatic ring is 1. The van der Waals surface area contributed by atoms with Crippen LogP contribution in [0.5, 0.6) is 5.75 Å². The van der Waals surface area contributed by atoms with Crippen LogP contribution in [0.4, 0.5) is 11.6 Å². The van der Waals surface area contributed by atoms with Crippen molar-refractivity contribution in [2.45, 2.75) is 19.9 Å². The normalized spacial score (nSPS) is 10.1. The third-order valence-electron chi connectivity index (χ3n) is 1.90. The molecule has 1 amide bonds. The highest BCUT2D eigenvalue weighted by Crippen LogP contribution is 2.25. The third kappa shape index (κ3) is 3.78. The molecular formula is C10H17N5O2. The van der Waals surface area contributed by atoms with Crippen LogP contribution in [0.2, 0.25) is 0 Å². The first-order valence-electron chi connectivity index (χ1n) is 5.22. The van der Waals surface area contributed by atoms with Crippen LogP contribution in [0.25, 0.3) is 0 Å². The van der Waals surface area contributed by atoms with Crippen molar-refractivity contribution in [1.82, 2.24) is 15.3 Å². The van der Waals surface area contributed by atoms with E-state index >= 15 is 0 Å². The van der Waals surface area contributed by atoms with Gasteiger partial charge < -0.3 is 21.1 Å². The molecule has 4 N–H and O–H groups in total. The fraction of sp³-hybridized carbons (Fsp3) is 0.500. The Morgan fingerprint density at radius 1 is 1.53 bits per heavy atom. The molecule has 0 saturated heterocycles. The molecule has 7 nitrogen and oxygen atoms in total. The summed E-state index contributed by atoms with van der Waals surface area (Å²) in [7, 11) is 1.47. The molecule has 1 heterocycles. The minimum absolute atomic E-state index is 0.0988. The summed E-state index contributed by atoms with van der Waals surface area (Å²) >= 11 is 0. The number of carbonyl (C=O) groups is 1. The molecule has 1 aromatic heterocycles. The molecule has 0 aliphatic carbocycles. The lowest BCUT2D eigenvalue weighted by molar-refractivity contribution is -0.119. The summed E-state index contributed by atoms with van der Waals surface area (Å²) in [5.41, 5.74) is 5.60. The molecular weight excluding hydrogens is 222 g/mol. The van der Waals surface area contributed by atoms with Gasteiger partial charge in [-0.25, -0.2) is 9.97 Å². The average Bonchev–Trinajstić information content (AvgIpc) is 2.25. The summed E-state index contributed by atoms with van der Waals surface area (Å²) in [5.74, 6) is 0.845. The van der Waals surface area contributed by atoms with Crippen LogP contribution < -0.4 is 21.1 Å². The van der Waals surface area contributed by atoms with Gasteiger partial charge in [0.25, 0.3) is 0 Å². The van der Waals surface area contributed by atoms with E-state index in [4.69, 9.17) is 10.5 Å². The lowest BCUT2D eigenvalue weighted by Gasteiger charge is -2.12. The largest absolute Gasteiger partial charge is 0.490 e. The van der Waals surface area contributed by atoms with Crippen LogP contribution in [0, 0.1) is 0 Å². The molecule has 17 heavy (non-hydrogen) atoms. The van der Waals surface area contributed by atoms with E-state index in [1.165, 1.54) is 13.4 Å². The number of anilines is 2. The van der Waals surface area contributed by atoms with Gasteiger partial charge in [-0.15, -0.1) is 0 Å². The molecule has 0 radical (unpaired) electrons. The Balaban J connectivity index is 2.63. The molecule has 0 spiro atoms. The smallest absolute Gasteiger partial charge is 0.239 e. The van der Waals surface area contributed by atoms with E-state index in [2.05, 4.69) is 20.6 Å². The fourth-order valence-corrected chi connectivity index (χ4v) is 1.25. The first-order chi connectivity index (χ1) is 8.04. The van der Waals surface area contributed by atoms with Crippen LogP contribution in [-0.4, -0.2) is 35.6 Å². The van der Waals surface area contributed by atoms with Crippen molar-refractivity contribution in [2.24, 2.45) is 0 Å². The van der Waals surface area contributed by atoms with Gasteiger partial charge in [-0.2, -0.15) is 0 Å². The van der Waals surface area contributed by atoms with Gasteiger partial charge in [0.05, 0.1) is 13.7 Å². The zero-order chi connectivity index (χ0) is 12.8. The van der Waals surface area contributed by atoms with Crippen molar-refractivity contribution in [1.29, 1.82) is 0 Å². The highest BCUT2D eigenvalue weighted by molar-refractivity contribution is 5.81. The second-order valence-corrected chi connectivity index (χ2v) is 3.72. The number of hydrogen-bond acceptors (Lipinski definition) is 6. The zero-order valence-corrected chi connectivity index (χ0v) is 10.2. The maximum atomic E-state index is 11.4. The first kappa shape index (κ1) is 13.0. The van der Waals surface area contributed by atoms with Gasteiger partial charge in [-0.1, -0.05) is 0 Å². The zero-order valence-electron chi connectivity index (χ0n) is 10.2. The van der Waals surface area contributed by atoms with Gasteiger partial charge in [0.2, 0.25) is 11.7 Å². The van der Waals surface area contributed by atoms with Crippen molar-refractivity contribution in [2.75, 3.05) is 24.7 Å². The van der Waals surface area contributed by atoms with E-state index in [0.29, 0.717) is 11.6 Å². The van der Waals surface area contributed by atoms with E-state index in [-0.39, 0.29) is 24.3 Å². The maximum Gasteiger partial charge on any atom is 0.239 e. The molecule has 1 rings (SSSR count). The van der Waals surface area contributed by atoms with Gasteiger partial charge >= 0.3 is 0 Å². The standard InChI is InChI=1S/C10H17N5O2/c1-6(2)15-7(16)4-12-10-8(17-3)9(11)13-5-14-10/h5-6H,4H2,1-3H3,(H,15,16)(H3,11,12,13,14). The highest BCUT2D eigenvalue weighted by Gasteiger charge is 2.10. The van der Waals surface area contributed by atoms with Crippen molar-refractivity contribution < 1.29 is 9.53 Å². The van der Waals surface area contributed by atoms with Crippen LogP contribution in [0.1, 0.15) is 13.8 Å². The predicted molar refractivity (Wildman–Crippen MR) is 64.8 cm³/mol. The molecule has 94 valence electrons. The average molecular weight is 239 g/mol. The van der Waals surface area contributed by atoms with E-state index in [1.807, 2.05) is 13.8 Å². The second-order valence-electron chi connectivity index (χ2n) is 3.72. The number of nitrogens with zero attached hydrogens (tertiary/aromatic N) is 2. The number of methoxy groups -OCH3 is 1. The summed E-state index contributed by atoms with van der Waals surface area (Å²) in [6.45, 7) is 3.88. The number of rotatable bonds is 5. The third-order valence-corrected chi connectivity index (χ3v) is 1.90. The predicted octanol–water partition coefficient (Wildman–Crippen LogP) is 0.00390. The Morgan fingerprint density at radius 2 is 2.24 bits per heavy atom. The van der Waals surface area contributed by atoms with Crippen LogP contribution in [0.15, 0.2) is 6.33 Å². The lowest BCUT2D eigenvalue weighted by atomic mass is 10.4. The van der Waals surface area contributed by atoms with E-state index in [0.717, 1.165) is 0 Å². The van der Waals surface area contributed by atoms with Crippen molar-refractivity contribution in [3.8, 4) is 5.75 Å². The summed E-state index contributed by atoms with van der Waals surface area (Å²) in [4.78, 5) is 19.2. The number of hydrogen-bond donors (Lipinski definition) is 3. The van der Waals surface area contributed by atoms with Crippen LogP contribution >= 0.6 is 0 Å². The van der Waals surface area contributed by atoms with Crippen molar-refractivity contribution in [3.63, 3.8) is 0 Å². The Kier molecular flexibility index (Phi) is 4.50. The number of aromatic nitrogens is 2. The molecule has 0 bridgehead atoms. The SMILES string of the molecule is COc1c(N)ncnc1NCC(=O)NC(C)C. The summed E-state index contributed by atoms with van der Waals surface area (Å²) in [6.07, 6.45) is 1.31. The topological polar surface area (TPSA) is 102 Å². The molecule has 0 atom stereocenters. The van der Waals surface area contributed by atoms with Crippen molar-refractivity contribution >= 4 is 17.5 Å². The molecule has 1 aromatic rings. The highest BCUT2D eigenvalue weighted by atomic mass is 16.5. The Labute approximate surface area is 99.8 Å². The number of ether oxygens (including phenoxy) is 1. The number of nitrogens with one attached hydrogen (secondary N) is 2. The van der Waals surface area contributed by atoms with Crippen LogP contribution in [0.3, 0.4) is 0 Å². The van der Waals surface area contributed by atoms with Gasteiger partial charge in [0.15, 0.2) is 11.6 Å². The Bertz CT molecular complexity index is 394. The van der Waals surface area contributed by atoms with Gasteiger partial charge in [0, 0.05) is 6.04 Å². The fourth-order valence-electron chi connectivity index (χ4n) is 1.25. The van der Waals surface area contributed by atoms with E-state index in [9.17, 15) is 4.79 Å². The number of nitrogens with two attached hydrogens (primary N) is 1. The van der Waals surface area contributed by atoms with Crippen LogP contribution in [-0.2, 0) is 4.79 Å². The molecule has 0 aliphatic heterocycles. The second kappa shape index (κ2) is 5.88. The van der Waals surface area contributed by atoms with Gasteiger partial charge in [-0.3, -0.25) is 4.79 Å². The Morgan fingerprint density at radius 3 is 2.82 bits per heavy atom. The van der Waals surface area contributed by atoms with Crippen molar-refractivity contribution in [3.05, 3.63) is 6.33 Å². The monoisotopic (exact) mass is 239 g/mol. The Hall–Kier alpha value is -2.05. The number of amides is 1. The minimum Gasteiger partial charge on any atom is -0.490 e. The maximum absolute atomic E-state index is 11.4. The minimum atomic E-state index is -0.126. The van der Waals surface area contributed by atoms with Gasteiger partial charge in [0.1, 0.15) is 6.33 Å². The summed E-state index contributed by atoms with van der Waals surface area (Å²) in [5, 5.41) is 5.59. The van der Waals surface area contributed by atoms with Gasteiger partial charge in [-0.05, 0) is 13.8 Å². The molecule has 0 aromatic carbocycles. The summed E-state index contributed by atoms with van der Waals surface area (Å²) in [6, 6.07) is 0.0988.